The number of hydrogen-bond acceptors (Lipinski definition) is 2. The molecule has 1 N–H and O–H groups in total. The van der Waals surface area contributed by atoms with Crippen molar-refractivity contribution in [1.82, 2.24) is 14.9 Å². The molecule has 0 spiro atoms. The van der Waals surface area contributed by atoms with Gasteiger partial charge in [0, 0.05) is 24.8 Å². The molecule has 2 heterocycles. The summed E-state index contributed by atoms with van der Waals surface area (Å²) in [4.78, 5) is 4.72. The Morgan fingerprint density at radius 2 is 2.22 bits per heavy atom. The highest BCUT2D eigenvalue weighted by molar-refractivity contribution is 5.60. The van der Waals surface area contributed by atoms with Crippen LogP contribution in [0.5, 0.6) is 0 Å². The Morgan fingerprint density at radius 3 is 3.00 bits per heavy atom. The first kappa shape index (κ1) is 11.5. The molecule has 1 aliphatic rings. The van der Waals surface area contributed by atoms with Gasteiger partial charge in [-0.25, -0.2) is 4.98 Å². The van der Waals surface area contributed by atoms with Crippen LogP contribution < -0.4 is 5.32 Å². The van der Waals surface area contributed by atoms with Crippen molar-refractivity contribution in [3.05, 3.63) is 41.9 Å². The lowest BCUT2D eigenvalue weighted by Crippen LogP contribution is -2.27. The third-order valence-corrected chi connectivity index (χ3v) is 3.52. The van der Waals surface area contributed by atoms with Gasteiger partial charge in [0.25, 0.3) is 0 Å². The molecule has 0 saturated carbocycles. The van der Waals surface area contributed by atoms with Crippen molar-refractivity contribution in [2.24, 2.45) is 0 Å². The van der Waals surface area contributed by atoms with Crippen LogP contribution in [0.3, 0.4) is 0 Å². The lowest BCUT2D eigenvalue weighted by atomic mass is 10.00. The molecule has 0 bridgehead atoms. The molecule has 94 valence electrons. The number of hydrogen-bond donors (Lipinski definition) is 1. The third-order valence-electron chi connectivity index (χ3n) is 3.52. The molecule has 0 amide bonds. The van der Waals surface area contributed by atoms with E-state index in [1.54, 1.807) is 0 Å². The Bertz CT molecular complexity index is 531. The summed E-state index contributed by atoms with van der Waals surface area (Å²) < 4.78 is 2.26. The van der Waals surface area contributed by atoms with Gasteiger partial charge in [-0.05, 0) is 17.5 Å². The molecule has 0 atom stereocenters. The van der Waals surface area contributed by atoms with Crippen molar-refractivity contribution in [1.29, 1.82) is 0 Å². The minimum atomic E-state index is 0.559. The first-order valence-electron chi connectivity index (χ1n) is 6.61. The standard InChI is InChI=1S/C15H19N3/c1-11(2)12-4-3-5-13(8-12)14-10-18-7-6-16-9-15(18)17-14/h3-5,8,10-11,16H,6-7,9H2,1-2H3. The van der Waals surface area contributed by atoms with Crippen LogP contribution in [0.15, 0.2) is 30.5 Å². The fourth-order valence-corrected chi connectivity index (χ4v) is 2.38. The Labute approximate surface area is 108 Å². The summed E-state index contributed by atoms with van der Waals surface area (Å²) in [6.45, 7) is 7.38. The molecule has 0 aliphatic carbocycles. The summed E-state index contributed by atoms with van der Waals surface area (Å²) >= 11 is 0. The summed E-state index contributed by atoms with van der Waals surface area (Å²) in [7, 11) is 0. The van der Waals surface area contributed by atoms with Crippen molar-refractivity contribution < 1.29 is 0 Å². The third kappa shape index (κ3) is 2.06. The summed E-state index contributed by atoms with van der Waals surface area (Å²) in [6.07, 6.45) is 2.18. The van der Waals surface area contributed by atoms with Crippen LogP contribution in [0.1, 0.15) is 31.2 Å². The quantitative estimate of drug-likeness (QED) is 0.876. The average molecular weight is 241 g/mol. The van der Waals surface area contributed by atoms with E-state index in [0.29, 0.717) is 5.92 Å². The monoisotopic (exact) mass is 241 g/mol. The van der Waals surface area contributed by atoms with E-state index in [2.05, 4.69) is 54.2 Å². The molecule has 3 nitrogen and oxygen atoms in total. The minimum Gasteiger partial charge on any atom is -0.332 e. The van der Waals surface area contributed by atoms with E-state index in [-0.39, 0.29) is 0 Å². The number of rotatable bonds is 2. The Kier molecular flexibility index (Phi) is 2.92. The van der Waals surface area contributed by atoms with Crippen LogP contribution in [0.2, 0.25) is 0 Å². The molecule has 0 fully saturated rings. The lowest BCUT2D eigenvalue weighted by Gasteiger charge is -2.13. The molecule has 1 aliphatic heterocycles. The fourth-order valence-electron chi connectivity index (χ4n) is 2.38. The summed E-state index contributed by atoms with van der Waals surface area (Å²) in [5.41, 5.74) is 3.69. The van der Waals surface area contributed by atoms with E-state index < -0.39 is 0 Å². The van der Waals surface area contributed by atoms with Crippen LogP contribution in [-0.4, -0.2) is 16.1 Å². The van der Waals surface area contributed by atoms with Crippen LogP contribution in [-0.2, 0) is 13.1 Å². The fraction of sp³-hybridized carbons (Fsp3) is 0.400. The summed E-state index contributed by atoms with van der Waals surface area (Å²) in [5, 5.41) is 3.35. The van der Waals surface area contributed by atoms with Gasteiger partial charge in [-0.1, -0.05) is 32.0 Å². The first-order valence-corrected chi connectivity index (χ1v) is 6.61. The molecule has 18 heavy (non-hydrogen) atoms. The van der Waals surface area contributed by atoms with E-state index in [9.17, 15) is 0 Å². The lowest BCUT2D eigenvalue weighted by molar-refractivity contribution is 0.505. The molecule has 3 heteroatoms. The first-order chi connectivity index (χ1) is 8.74. The van der Waals surface area contributed by atoms with Crippen molar-refractivity contribution in [2.45, 2.75) is 32.9 Å². The number of fused-ring (bicyclic) bond motifs is 1. The zero-order valence-corrected chi connectivity index (χ0v) is 11.0. The molecule has 0 unspecified atom stereocenters. The predicted molar refractivity (Wildman–Crippen MR) is 73.5 cm³/mol. The zero-order chi connectivity index (χ0) is 12.5. The van der Waals surface area contributed by atoms with Crippen LogP contribution in [0, 0.1) is 0 Å². The predicted octanol–water partition coefficient (Wildman–Crippen LogP) is 2.78. The SMILES string of the molecule is CC(C)c1cccc(-c2cn3c(n2)CNCC3)c1. The van der Waals surface area contributed by atoms with Gasteiger partial charge in [-0.3, -0.25) is 0 Å². The van der Waals surface area contributed by atoms with Gasteiger partial charge in [-0.15, -0.1) is 0 Å². The van der Waals surface area contributed by atoms with Crippen molar-refractivity contribution in [3.63, 3.8) is 0 Å². The second-order valence-corrected chi connectivity index (χ2v) is 5.19. The molecule has 3 rings (SSSR count). The van der Waals surface area contributed by atoms with E-state index in [1.165, 1.54) is 11.1 Å². The Morgan fingerprint density at radius 1 is 1.33 bits per heavy atom. The maximum absolute atomic E-state index is 4.72. The summed E-state index contributed by atoms with van der Waals surface area (Å²) in [5.74, 6) is 1.70. The average Bonchev–Trinajstić information content (AvgIpc) is 2.82. The van der Waals surface area contributed by atoms with Gasteiger partial charge in [0.05, 0.1) is 12.2 Å². The number of aromatic nitrogens is 2. The molecular formula is C15H19N3. The van der Waals surface area contributed by atoms with Gasteiger partial charge in [0.1, 0.15) is 5.82 Å². The summed E-state index contributed by atoms with van der Waals surface area (Å²) in [6, 6.07) is 8.72. The van der Waals surface area contributed by atoms with Gasteiger partial charge in [0.2, 0.25) is 0 Å². The van der Waals surface area contributed by atoms with E-state index in [0.717, 1.165) is 31.2 Å². The number of imidazole rings is 1. The van der Waals surface area contributed by atoms with E-state index >= 15 is 0 Å². The smallest absolute Gasteiger partial charge is 0.123 e. The van der Waals surface area contributed by atoms with Gasteiger partial charge < -0.3 is 9.88 Å². The second kappa shape index (κ2) is 4.58. The molecule has 1 aromatic carbocycles. The van der Waals surface area contributed by atoms with Crippen LogP contribution >= 0.6 is 0 Å². The van der Waals surface area contributed by atoms with Crippen LogP contribution in [0.25, 0.3) is 11.3 Å². The van der Waals surface area contributed by atoms with Crippen LogP contribution in [0.4, 0.5) is 0 Å². The Balaban J connectivity index is 1.99. The van der Waals surface area contributed by atoms with Crippen molar-refractivity contribution in [3.8, 4) is 11.3 Å². The minimum absolute atomic E-state index is 0.559. The van der Waals surface area contributed by atoms with E-state index in [1.807, 2.05) is 0 Å². The molecule has 0 saturated heterocycles. The van der Waals surface area contributed by atoms with Gasteiger partial charge in [0.15, 0.2) is 0 Å². The molecule has 1 aromatic heterocycles. The van der Waals surface area contributed by atoms with Gasteiger partial charge in [-0.2, -0.15) is 0 Å². The Hall–Kier alpha value is -1.61. The largest absolute Gasteiger partial charge is 0.332 e. The maximum Gasteiger partial charge on any atom is 0.123 e. The zero-order valence-electron chi connectivity index (χ0n) is 11.0. The molecular weight excluding hydrogens is 222 g/mol. The highest BCUT2D eigenvalue weighted by atomic mass is 15.1. The molecule has 2 aromatic rings. The topological polar surface area (TPSA) is 29.9 Å². The second-order valence-electron chi connectivity index (χ2n) is 5.19. The highest BCUT2D eigenvalue weighted by Gasteiger charge is 2.13. The highest BCUT2D eigenvalue weighted by Crippen LogP contribution is 2.24. The number of nitrogens with one attached hydrogen (secondary N) is 1. The molecule has 0 radical (unpaired) electrons. The maximum atomic E-state index is 4.72. The normalized spacial score (nSPS) is 14.8. The van der Waals surface area contributed by atoms with Crippen molar-refractivity contribution >= 4 is 0 Å². The van der Waals surface area contributed by atoms with E-state index in [4.69, 9.17) is 4.98 Å². The van der Waals surface area contributed by atoms with Crippen molar-refractivity contribution in [2.75, 3.05) is 6.54 Å². The number of nitrogens with zero attached hydrogens (tertiary/aromatic N) is 2. The number of benzene rings is 1. The van der Waals surface area contributed by atoms with Gasteiger partial charge >= 0.3 is 0 Å².